The second-order valence-corrected chi connectivity index (χ2v) is 3.90. The van der Waals surface area contributed by atoms with Gasteiger partial charge in [-0.3, -0.25) is 4.57 Å². The average Bonchev–Trinajstić information content (AvgIpc) is 2.65. The quantitative estimate of drug-likeness (QED) is 0.544. The van der Waals surface area contributed by atoms with Crippen molar-refractivity contribution < 1.29 is 14.9 Å². The molecule has 0 radical (unpaired) electrons. The van der Waals surface area contributed by atoms with Crippen LogP contribution in [0.2, 0.25) is 0 Å². The molecule has 0 saturated carbocycles. The summed E-state index contributed by atoms with van der Waals surface area (Å²) in [5, 5.41) is 18.8. The van der Waals surface area contributed by atoms with Gasteiger partial charge in [0.15, 0.2) is 6.10 Å². The molecule has 18 heavy (non-hydrogen) atoms. The molecule has 0 spiro atoms. The molecule has 1 aliphatic heterocycles. The van der Waals surface area contributed by atoms with Crippen LogP contribution < -0.4 is 11.4 Å². The predicted octanol–water partition coefficient (Wildman–Crippen LogP) is -1.64. The number of anilines is 1. The summed E-state index contributed by atoms with van der Waals surface area (Å²) in [5.74, 6) is 0.0628. The summed E-state index contributed by atoms with van der Waals surface area (Å²) in [7, 11) is 0. The minimum absolute atomic E-state index is 0.0628. The molecule has 8 heteroatoms. The highest BCUT2D eigenvalue weighted by molar-refractivity contribution is 5.23. The van der Waals surface area contributed by atoms with E-state index in [0.717, 1.165) is 4.57 Å². The van der Waals surface area contributed by atoms with E-state index in [9.17, 15) is 9.90 Å². The average molecular weight is 252 g/mol. The molecule has 0 aliphatic carbocycles. The van der Waals surface area contributed by atoms with Crippen LogP contribution in [0.25, 0.3) is 4.85 Å². The maximum Gasteiger partial charge on any atom is 0.351 e. The van der Waals surface area contributed by atoms with Gasteiger partial charge in [0, 0.05) is 6.20 Å². The lowest BCUT2D eigenvalue weighted by atomic mass is 10.1. The van der Waals surface area contributed by atoms with Crippen molar-refractivity contribution in [2.45, 2.75) is 24.5 Å². The Morgan fingerprint density at radius 2 is 2.39 bits per heavy atom. The summed E-state index contributed by atoms with van der Waals surface area (Å²) in [5.41, 5.74) is 4.69. The molecule has 0 aromatic carbocycles. The van der Waals surface area contributed by atoms with Crippen molar-refractivity contribution in [1.29, 1.82) is 0 Å². The topological polar surface area (TPSA) is 115 Å². The molecule has 1 aromatic rings. The van der Waals surface area contributed by atoms with Gasteiger partial charge in [0.2, 0.25) is 6.23 Å². The summed E-state index contributed by atoms with van der Waals surface area (Å²) in [6, 6.07) is 0.426. The van der Waals surface area contributed by atoms with Gasteiger partial charge in [-0.05, 0) is 6.07 Å². The number of hydrogen-bond donors (Lipinski definition) is 3. The lowest BCUT2D eigenvalue weighted by molar-refractivity contribution is -0.0460. The number of aromatic nitrogens is 2. The van der Waals surface area contributed by atoms with E-state index in [1.165, 1.54) is 12.3 Å². The number of rotatable bonds is 2. The Labute approximate surface area is 102 Å². The van der Waals surface area contributed by atoms with Crippen LogP contribution >= 0.6 is 0 Å². The summed E-state index contributed by atoms with van der Waals surface area (Å²) >= 11 is 0. The molecular weight excluding hydrogens is 240 g/mol. The van der Waals surface area contributed by atoms with Crippen LogP contribution in [0.3, 0.4) is 0 Å². The first-order chi connectivity index (χ1) is 8.58. The molecule has 2 heterocycles. The molecule has 1 aromatic heterocycles. The molecule has 1 aliphatic rings. The van der Waals surface area contributed by atoms with Crippen LogP contribution in [-0.2, 0) is 4.74 Å². The van der Waals surface area contributed by atoms with Gasteiger partial charge in [-0.25, -0.2) is 11.4 Å². The number of hydrogen-bond acceptors (Lipinski definition) is 6. The van der Waals surface area contributed by atoms with Crippen LogP contribution in [0.4, 0.5) is 5.82 Å². The number of aliphatic hydroxyl groups excluding tert-OH is 2. The molecule has 1 saturated heterocycles. The Morgan fingerprint density at radius 3 is 2.94 bits per heavy atom. The molecule has 4 atom stereocenters. The standard InChI is InChI=1S/C10H12N4O4/c1-12-7-8(16)5(4-15)18-9(7)14-3-2-6(11)13-10(14)17/h2-3,5,7-9,15-16H,4H2,(H2,11,13,17)/t5-,7+,8-,9-/m1/s1. The molecule has 0 unspecified atom stereocenters. The zero-order valence-corrected chi connectivity index (χ0v) is 9.30. The minimum Gasteiger partial charge on any atom is -0.394 e. The van der Waals surface area contributed by atoms with Crippen molar-refractivity contribution in [3.8, 4) is 0 Å². The Hall–Kier alpha value is -1.95. The van der Waals surface area contributed by atoms with Gasteiger partial charge in [0.25, 0.3) is 6.04 Å². The Kier molecular flexibility index (Phi) is 3.29. The molecular formula is C10H12N4O4. The van der Waals surface area contributed by atoms with Crippen molar-refractivity contribution in [1.82, 2.24) is 9.55 Å². The molecule has 2 rings (SSSR count). The van der Waals surface area contributed by atoms with E-state index in [-0.39, 0.29) is 5.82 Å². The van der Waals surface area contributed by atoms with Crippen LogP contribution in [0.5, 0.6) is 0 Å². The third-order valence-corrected chi connectivity index (χ3v) is 2.79. The Morgan fingerprint density at radius 1 is 1.67 bits per heavy atom. The number of nitrogens with two attached hydrogens (primary N) is 1. The number of aliphatic hydroxyl groups is 2. The second-order valence-electron chi connectivity index (χ2n) is 3.90. The first kappa shape index (κ1) is 12.5. The SMILES string of the molecule is [C-]#[N+][C@H]1[C@H](O)[C@@H](CO)O[C@H]1n1ccc(N)nc1=O. The first-order valence-electron chi connectivity index (χ1n) is 5.24. The molecule has 0 amide bonds. The van der Waals surface area contributed by atoms with Gasteiger partial charge >= 0.3 is 5.69 Å². The summed E-state index contributed by atoms with van der Waals surface area (Å²) in [4.78, 5) is 18.4. The van der Waals surface area contributed by atoms with Crippen molar-refractivity contribution in [2.75, 3.05) is 12.3 Å². The van der Waals surface area contributed by atoms with Crippen LogP contribution in [0, 0.1) is 6.57 Å². The van der Waals surface area contributed by atoms with E-state index in [2.05, 4.69) is 9.83 Å². The predicted molar refractivity (Wildman–Crippen MR) is 60.3 cm³/mol. The smallest absolute Gasteiger partial charge is 0.351 e. The summed E-state index contributed by atoms with van der Waals surface area (Å²) in [6.07, 6.45) is -1.67. The van der Waals surface area contributed by atoms with E-state index >= 15 is 0 Å². The van der Waals surface area contributed by atoms with Crippen molar-refractivity contribution in [3.05, 3.63) is 34.2 Å². The van der Waals surface area contributed by atoms with E-state index < -0.39 is 36.8 Å². The lowest BCUT2D eigenvalue weighted by Crippen LogP contribution is -2.34. The van der Waals surface area contributed by atoms with Gasteiger partial charge < -0.3 is 25.5 Å². The Bertz CT molecular complexity index is 537. The van der Waals surface area contributed by atoms with Crippen molar-refractivity contribution >= 4 is 5.82 Å². The van der Waals surface area contributed by atoms with Crippen LogP contribution in [0.1, 0.15) is 6.23 Å². The third-order valence-electron chi connectivity index (χ3n) is 2.79. The molecule has 8 nitrogen and oxygen atoms in total. The summed E-state index contributed by atoms with van der Waals surface area (Å²) < 4.78 is 6.38. The number of nitrogen functional groups attached to an aromatic ring is 1. The normalized spacial score (nSPS) is 31.2. The lowest BCUT2D eigenvalue weighted by Gasteiger charge is -2.13. The van der Waals surface area contributed by atoms with Crippen LogP contribution in [-0.4, -0.2) is 44.6 Å². The zero-order valence-electron chi connectivity index (χ0n) is 9.30. The number of nitrogens with zero attached hydrogens (tertiary/aromatic N) is 3. The fraction of sp³-hybridized carbons (Fsp3) is 0.500. The fourth-order valence-electron chi connectivity index (χ4n) is 1.87. The first-order valence-corrected chi connectivity index (χ1v) is 5.24. The third kappa shape index (κ3) is 1.95. The number of ether oxygens (including phenoxy) is 1. The van der Waals surface area contributed by atoms with E-state index in [1.807, 2.05) is 0 Å². The van der Waals surface area contributed by atoms with Gasteiger partial charge in [-0.2, -0.15) is 4.98 Å². The van der Waals surface area contributed by atoms with Gasteiger partial charge in [0.05, 0.1) is 6.61 Å². The highest BCUT2D eigenvalue weighted by Gasteiger charge is 2.49. The fourth-order valence-corrected chi connectivity index (χ4v) is 1.87. The monoisotopic (exact) mass is 252 g/mol. The molecule has 1 fully saturated rings. The summed E-state index contributed by atoms with van der Waals surface area (Å²) in [6.45, 7) is 6.60. The zero-order chi connectivity index (χ0) is 13.3. The van der Waals surface area contributed by atoms with Gasteiger partial charge in [-0.15, -0.1) is 0 Å². The van der Waals surface area contributed by atoms with Gasteiger partial charge in [0.1, 0.15) is 11.9 Å². The van der Waals surface area contributed by atoms with E-state index in [0.29, 0.717) is 0 Å². The van der Waals surface area contributed by atoms with Crippen molar-refractivity contribution in [2.24, 2.45) is 0 Å². The highest BCUT2D eigenvalue weighted by Crippen LogP contribution is 2.30. The second kappa shape index (κ2) is 4.73. The van der Waals surface area contributed by atoms with Crippen LogP contribution in [0.15, 0.2) is 17.1 Å². The van der Waals surface area contributed by atoms with E-state index in [1.54, 1.807) is 0 Å². The molecule has 0 bridgehead atoms. The minimum atomic E-state index is -1.15. The highest BCUT2D eigenvalue weighted by atomic mass is 16.5. The van der Waals surface area contributed by atoms with Gasteiger partial charge in [-0.1, -0.05) is 0 Å². The maximum absolute atomic E-state index is 11.6. The van der Waals surface area contributed by atoms with Crippen molar-refractivity contribution in [3.63, 3.8) is 0 Å². The maximum atomic E-state index is 11.6. The Balaban J connectivity index is 2.39. The molecule has 96 valence electrons. The van der Waals surface area contributed by atoms with E-state index in [4.69, 9.17) is 22.1 Å². The molecule has 4 N–H and O–H groups in total. The largest absolute Gasteiger partial charge is 0.394 e.